The minimum atomic E-state index is -1.46. The molecule has 0 saturated carbocycles. The molecule has 1 aromatic rings. The maximum absolute atomic E-state index is 12.5. The number of nitrogens with two attached hydrogens (primary N) is 1. The molecule has 0 aliphatic carbocycles. The van der Waals surface area contributed by atoms with Gasteiger partial charge in [0.2, 0.25) is 17.7 Å². The Labute approximate surface area is 184 Å². The number of hydrogen-bond acceptors (Lipinski definition) is 7. The lowest BCUT2D eigenvalue weighted by atomic mass is 10.0. The fourth-order valence-corrected chi connectivity index (χ4v) is 2.77. The number of hydrogen-bond donors (Lipinski definition) is 7. The zero-order chi connectivity index (χ0) is 24.4. The third-order valence-corrected chi connectivity index (χ3v) is 4.42. The van der Waals surface area contributed by atoms with Crippen LogP contribution in [-0.2, 0) is 30.4 Å². The van der Waals surface area contributed by atoms with Gasteiger partial charge in [0.1, 0.15) is 18.1 Å². The van der Waals surface area contributed by atoms with Crippen LogP contribution in [0.2, 0.25) is 0 Å². The summed E-state index contributed by atoms with van der Waals surface area (Å²) < 4.78 is 0. The Hall–Kier alpha value is -3.48. The Morgan fingerprint density at radius 1 is 1.00 bits per heavy atom. The summed E-state index contributed by atoms with van der Waals surface area (Å²) in [5, 5.41) is 25.3. The van der Waals surface area contributed by atoms with E-state index in [1.807, 2.05) is 13.8 Å². The zero-order valence-electron chi connectivity index (χ0n) is 18.1. The minimum Gasteiger partial charge on any atom is -0.481 e. The van der Waals surface area contributed by atoms with Gasteiger partial charge in [-0.15, -0.1) is 0 Å². The lowest BCUT2D eigenvalue weighted by molar-refractivity contribution is -0.143. The van der Waals surface area contributed by atoms with Gasteiger partial charge < -0.3 is 36.9 Å². The van der Waals surface area contributed by atoms with E-state index in [1.54, 1.807) is 0 Å². The maximum atomic E-state index is 12.5. The second-order valence-electron chi connectivity index (χ2n) is 7.81. The summed E-state index contributed by atoms with van der Waals surface area (Å²) in [6, 6.07) is -4.89. The fraction of sp³-hybridized carbons (Fsp3) is 0.579. The van der Waals surface area contributed by atoms with E-state index in [1.165, 1.54) is 19.4 Å². The number of carboxylic acid groups (broad SMARTS) is 2. The van der Waals surface area contributed by atoms with Crippen molar-refractivity contribution < 1.29 is 34.2 Å². The Balaban J connectivity index is 2.76. The van der Waals surface area contributed by atoms with Crippen LogP contribution < -0.4 is 21.7 Å². The predicted octanol–water partition coefficient (Wildman–Crippen LogP) is -1.64. The van der Waals surface area contributed by atoms with Crippen molar-refractivity contribution in [3.8, 4) is 0 Å². The first-order valence-corrected chi connectivity index (χ1v) is 9.99. The van der Waals surface area contributed by atoms with Crippen molar-refractivity contribution in [2.24, 2.45) is 11.7 Å². The number of rotatable bonds is 13. The molecule has 13 heteroatoms. The van der Waals surface area contributed by atoms with Crippen LogP contribution in [0.25, 0.3) is 0 Å². The standard InChI is InChI=1S/C19H30N6O7/c1-9(2)4-12(20)17(29)24-13(6-15(26)27)18(30)23-10(3)16(28)25-14(19(31)32)5-11-7-21-8-22-11/h7-10,12-14H,4-6,20H2,1-3H3,(H,21,22)(H,23,30)(H,24,29)(H,25,28)(H,26,27)(H,31,32). The molecule has 13 nitrogen and oxygen atoms in total. The van der Waals surface area contributed by atoms with Crippen molar-refractivity contribution in [2.45, 2.75) is 64.2 Å². The highest BCUT2D eigenvalue weighted by molar-refractivity contribution is 5.95. The molecule has 1 rings (SSSR count). The van der Waals surface area contributed by atoms with Gasteiger partial charge in [0.15, 0.2) is 0 Å². The first-order chi connectivity index (χ1) is 14.9. The lowest BCUT2D eigenvalue weighted by Crippen LogP contribution is -2.57. The average Bonchev–Trinajstić information content (AvgIpc) is 3.18. The van der Waals surface area contributed by atoms with E-state index in [9.17, 15) is 29.1 Å². The highest BCUT2D eigenvalue weighted by atomic mass is 16.4. The van der Waals surface area contributed by atoms with E-state index < -0.39 is 60.2 Å². The molecule has 4 atom stereocenters. The second-order valence-corrected chi connectivity index (χ2v) is 7.81. The molecular formula is C19H30N6O7. The lowest BCUT2D eigenvalue weighted by Gasteiger charge is -2.23. The van der Waals surface area contributed by atoms with Crippen LogP contribution in [0, 0.1) is 5.92 Å². The van der Waals surface area contributed by atoms with Crippen LogP contribution in [-0.4, -0.2) is 74.0 Å². The molecule has 178 valence electrons. The van der Waals surface area contributed by atoms with Crippen molar-refractivity contribution in [3.63, 3.8) is 0 Å². The summed E-state index contributed by atoms with van der Waals surface area (Å²) in [6.45, 7) is 5.00. The number of imidazole rings is 1. The second kappa shape index (κ2) is 12.4. The van der Waals surface area contributed by atoms with Crippen molar-refractivity contribution in [2.75, 3.05) is 0 Å². The predicted molar refractivity (Wildman–Crippen MR) is 111 cm³/mol. The molecule has 32 heavy (non-hydrogen) atoms. The molecule has 8 N–H and O–H groups in total. The Morgan fingerprint density at radius 2 is 1.62 bits per heavy atom. The van der Waals surface area contributed by atoms with Crippen molar-refractivity contribution in [3.05, 3.63) is 18.2 Å². The van der Waals surface area contributed by atoms with Crippen molar-refractivity contribution in [1.29, 1.82) is 0 Å². The molecule has 0 fully saturated rings. The Morgan fingerprint density at radius 3 is 2.12 bits per heavy atom. The molecule has 3 amide bonds. The number of aliphatic carboxylic acids is 2. The molecule has 0 spiro atoms. The van der Waals surface area contributed by atoms with Gasteiger partial charge in [0.25, 0.3) is 0 Å². The third-order valence-electron chi connectivity index (χ3n) is 4.42. The van der Waals surface area contributed by atoms with Gasteiger partial charge >= 0.3 is 11.9 Å². The van der Waals surface area contributed by atoms with E-state index >= 15 is 0 Å². The van der Waals surface area contributed by atoms with Gasteiger partial charge in [-0.1, -0.05) is 13.8 Å². The largest absolute Gasteiger partial charge is 0.481 e. The zero-order valence-corrected chi connectivity index (χ0v) is 18.1. The van der Waals surface area contributed by atoms with Crippen LogP contribution in [0.5, 0.6) is 0 Å². The molecular weight excluding hydrogens is 424 g/mol. The summed E-state index contributed by atoms with van der Waals surface area (Å²) in [5.41, 5.74) is 6.25. The van der Waals surface area contributed by atoms with Gasteiger partial charge in [-0.05, 0) is 19.3 Å². The SMILES string of the molecule is CC(C)CC(N)C(=O)NC(CC(=O)O)C(=O)NC(C)C(=O)NC(Cc1cnc[nH]1)C(=O)O. The molecule has 4 unspecified atom stereocenters. The first-order valence-electron chi connectivity index (χ1n) is 9.99. The number of carbonyl (C=O) groups excluding carboxylic acids is 3. The van der Waals surface area contributed by atoms with Crippen molar-refractivity contribution >= 4 is 29.7 Å². The number of aromatic nitrogens is 2. The molecule has 1 heterocycles. The topological polar surface area (TPSA) is 217 Å². The van der Waals surface area contributed by atoms with Gasteiger partial charge in [-0.25, -0.2) is 9.78 Å². The quantitative estimate of drug-likeness (QED) is 0.181. The van der Waals surface area contributed by atoms with E-state index in [-0.39, 0.29) is 12.3 Å². The molecule has 0 aromatic carbocycles. The number of H-pyrrole nitrogens is 1. The third kappa shape index (κ3) is 9.12. The first kappa shape index (κ1) is 26.6. The van der Waals surface area contributed by atoms with Crippen LogP contribution >= 0.6 is 0 Å². The number of nitrogens with one attached hydrogen (secondary N) is 4. The average molecular weight is 454 g/mol. The Bertz CT molecular complexity index is 811. The van der Waals surface area contributed by atoms with Crippen molar-refractivity contribution in [1.82, 2.24) is 25.9 Å². The summed E-state index contributed by atoms with van der Waals surface area (Å²) in [5.74, 6) is -4.94. The number of aromatic amines is 1. The monoisotopic (exact) mass is 454 g/mol. The smallest absolute Gasteiger partial charge is 0.326 e. The highest BCUT2D eigenvalue weighted by Crippen LogP contribution is 2.04. The van der Waals surface area contributed by atoms with Crippen LogP contribution in [0.15, 0.2) is 12.5 Å². The number of carbonyl (C=O) groups is 5. The fourth-order valence-electron chi connectivity index (χ4n) is 2.77. The molecule has 0 aliphatic heterocycles. The van der Waals surface area contributed by atoms with E-state index in [2.05, 4.69) is 25.9 Å². The molecule has 0 bridgehead atoms. The summed E-state index contributed by atoms with van der Waals surface area (Å²) in [7, 11) is 0. The van der Waals surface area contributed by atoms with E-state index in [0.717, 1.165) is 0 Å². The summed E-state index contributed by atoms with van der Waals surface area (Å²) >= 11 is 0. The molecule has 1 aromatic heterocycles. The minimum absolute atomic E-state index is 0.0623. The normalized spacial score (nSPS) is 14.7. The highest BCUT2D eigenvalue weighted by Gasteiger charge is 2.30. The molecule has 0 aliphatic rings. The number of carboxylic acids is 2. The van der Waals surface area contributed by atoms with Gasteiger partial charge in [0.05, 0.1) is 18.8 Å². The van der Waals surface area contributed by atoms with Gasteiger partial charge in [-0.2, -0.15) is 0 Å². The van der Waals surface area contributed by atoms with E-state index in [4.69, 9.17) is 10.8 Å². The Kier molecular flexibility index (Phi) is 10.3. The summed E-state index contributed by atoms with van der Waals surface area (Å²) in [4.78, 5) is 66.2. The number of amides is 3. The van der Waals surface area contributed by atoms with Gasteiger partial charge in [0, 0.05) is 18.3 Å². The van der Waals surface area contributed by atoms with Crippen LogP contribution in [0.4, 0.5) is 0 Å². The maximum Gasteiger partial charge on any atom is 0.326 e. The number of nitrogens with zero attached hydrogens (tertiary/aromatic N) is 1. The van der Waals surface area contributed by atoms with E-state index in [0.29, 0.717) is 12.1 Å². The summed E-state index contributed by atoms with van der Waals surface area (Å²) in [6.07, 6.45) is 2.32. The van der Waals surface area contributed by atoms with Crippen LogP contribution in [0.3, 0.4) is 0 Å². The molecule has 0 radical (unpaired) electrons. The van der Waals surface area contributed by atoms with Crippen LogP contribution in [0.1, 0.15) is 39.3 Å². The van der Waals surface area contributed by atoms with Gasteiger partial charge in [-0.3, -0.25) is 19.2 Å². The molecule has 0 saturated heterocycles.